The molecule has 0 aliphatic rings. The number of ether oxygens (including phenoxy) is 1. The average Bonchev–Trinajstić information content (AvgIpc) is 2.34. The summed E-state index contributed by atoms with van der Waals surface area (Å²) in [5.41, 5.74) is 1.28. The number of benzene rings is 1. The molecule has 1 atom stereocenters. The van der Waals surface area contributed by atoms with Gasteiger partial charge in [0.1, 0.15) is 0 Å². The lowest BCUT2D eigenvalue weighted by molar-refractivity contribution is 0.0118. The maximum Gasteiger partial charge on any atom is 0.0623 e. The molecule has 0 aliphatic carbocycles. The second-order valence-corrected chi connectivity index (χ2v) is 7.09. The molecule has 0 amide bonds. The number of hydrogen-bond donors (Lipinski definition) is 1. The molecule has 0 fully saturated rings. The first-order chi connectivity index (χ1) is 8.39. The van der Waals surface area contributed by atoms with E-state index in [1.807, 2.05) is 7.05 Å². The standard InChI is InChI=1S/C14H21BrINO/c1-14(2,18-4)8-7-13(17-3)11-9-10(15)5-6-12(11)16/h5-6,9,13,17H,7-8H2,1-4H3. The third-order valence-electron chi connectivity index (χ3n) is 3.27. The van der Waals surface area contributed by atoms with Crippen LogP contribution in [0, 0.1) is 3.57 Å². The van der Waals surface area contributed by atoms with Crippen LogP contribution in [0.3, 0.4) is 0 Å². The van der Waals surface area contributed by atoms with Gasteiger partial charge in [-0.15, -0.1) is 0 Å². The van der Waals surface area contributed by atoms with E-state index in [0.29, 0.717) is 6.04 Å². The first-order valence-corrected chi connectivity index (χ1v) is 7.94. The van der Waals surface area contributed by atoms with E-state index in [4.69, 9.17) is 4.74 Å². The number of halogens is 2. The molecule has 0 radical (unpaired) electrons. The van der Waals surface area contributed by atoms with E-state index in [-0.39, 0.29) is 5.60 Å². The number of methoxy groups -OCH3 is 1. The number of hydrogen-bond acceptors (Lipinski definition) is 2. The molecule has 0 bridgehead atoms. The van der Waals surface area contributed by atoms with Crippen LogP contribution in [-0.4, -0.2) is 19.8 Å². The summed E-state index contributed by atoms with van der Waals surface area (Å²) in [7, 11) is 3.79. The van der Waals surface area contributed by atoms with Crippen molar-refractivity contribution in [1.82, 2.24) is 5.32 Å². The summed E-state index contributed by atoms with van der Waals surface area (Å²) < 4.78 is 7.91. The van der Waals surface area contributed by atoms with Gasteiger partial charge in [-0.2, -0.15) is 0 Å². The molecule has 1 unspecified atom stereocenters. The van der Waals surface area contributed by atoms with Gasteiger partial charge < -0.3 is 10.1 Å². The van der Waals surface area contributed by atoms with Crippen LogP contribution in [0.25, 0.3) is 0 Å². The van der Waals surface area contributed by atoms with E-state index in [1.54, 1.807) is 7.11 Å². The Kier molecular flexibility index (Phi) is 6.58. The summed E-state index contributed by atoms with van der Waals surface area (Å²) in [6.45, 7) is 4.26. The molecule has 0 saturated carbocycles. The molecule has 0 aliphatic heterocycles. The van der Waals surface area contributed by atoms with E-state index < -0.39 is 0 Å². The maximum atomic E-state index is 5.48. The van der Waals surface area contributed by atoms with Crippen LogP contribution in [0.15, 0.2) is 22.7 Å². The normalized spacial score (nSPS) is 13.7. The summed E-state index contributed by atoms with van der Waals surface area (Å²) in [6, 6.07) is 6.79. The quantitative estimate of drug-likeness (QED) is 0.676. The Hall–Kier alpha value is 0.350. The van der Waals surface area contributed by atoms with Crippen LogP contribution in [0.5, 0.6) is 0 Å². The smallest absolute Gasteiger partial charge is 0.0623 e. The van der Waals surface area contributed by atoms with Crippen LogP contribution in [0.4, 0.5) is 0 Å². The highest BCUT2D eigenvalue weighted by Gasteiger charge is 2.20. The Bertz CT molecular complexity index is 395. The van der Waals surface area contributed by atoms with Crippen molar-refractivity contribution in [3.8, 4) is 0 Å². The third kappa shape index (κ3) is 4.79. The van der Waals surface area contributed by atoms with Crippen molar-refractivity contribution < 1.29 is 4.74 Å². The van der Waals surface area contributed by atoms with E-state index in [1.165, 1.54) is 9.13 Å². The molecule has 1 N–H and O–H groups in total. The molecule has 0 spiro atoms. The van der Waals surface area contributed by atoms with Crippen molar-refractivity contribution in [3.05, 3.63) is 31.8 Å². The average molecular weight is 426 g/mol. The van der Waals surface area contributed by atoms with Gasteiger partial charge in [-0.05, 0) is 80.1 Å². The zero-order chi connectivity index (χ0) is 13.8. The SMILES string of the molecule is CNC(CCC(C)(C)OC)c1cc(Br)ccc1I. The molecule has 2 nitrogen and oxygen atoms in total. The first kappa shape index (κ1) is 16.4. The molecule has 1 rings (SSSR count). The van der Waals surface area contributed by atoms with Crippen molar-refractivity contribution in [3.63, 3.8) is 0 Å². The summed E-state index contributed by atoms with van der Waals surface area (Å²) in [5.74, 6) is 0. The fourth-order valence-corrected chi connectivity index (χ4v) is 2.92. The van der Waals surface area contributed by atoms with Gasteiger partial charge in [0, 0.05) is 21.2 Å². The van der Waals surface area contributed by atoms with Crippen molar-refractivity contribution in [2.45, 2.75) is 38.3 Å². The van der Waals surface area contributed by atoms with Crippen molar-refractivity contribution in [2.75, 3.05) is 14.2 Å². The van der Waals surface area contributed by atoms with Gasteiger partial charge in [-0.1, -0.05) is 15.9 Å². The molecule has 1 aromatic rings. The zero-order valence-corrected chi connectivity index (χ0v) is 15.1. The Morgan fingerprint density at radius 1 is 1.44 bits per heavy atom. The fourth-order valence-electron chi connectivity index (χ4n) is 1.83. The van der Waals surface area contributed by atoms with Gasteiger partial charge >= 0.3 is 0 Å². The van der Waals surface area contributed by atoms with Crippen molar-refractivity contribution in [1.29, 1.82) is 0 Å². The van der Waals surface area contributed by atoms with E-state index >= 15 is 0 Å². The van der Waals surface area contributed by atoms with Crippen LogP contribution in [0.2, 0.25) is 0 Å². The molecule has 1 aromatic carbocycles. The van der Waals surface area contributed by atoms with Gasteiger partial charge in [0.05, 0.1) is 5.60 Å². The molecule has 0 aromatic heterocycles. The molecule has 0 saturated heterocycles. The molecular formula is C14H21BrINO. The summed E-state index contributed by atoms with van der Waals surface area (Å²) in [5, 5.41) is 3.40. The van der Waals surface area contributed by atoms with Crippen LogP contribution >= 0.6 is 38.5 Å². The Balaban J connectivity index is 2.80. The zero-order valence-electron chi connectivity index (χ0n) is 11.4. The van der Waals surface area contributed by atoms with Crippen LogP contribution < -0.4 is 5.32 Å². The monoisotopic (exact) mass is 425 g/mol. The Morgan fingerprint density at radius 3 is 2.67 bits per heavy atom. The molecule has 0 heterocycles. The first-order valence-electron chi connectivity index (χ1n) is 6.07. The predicted molar refractivity (Wildman–Crippen MR) is 89.0 cm³/mol. The predicted octanol–water partition coefficient (Wildman–Crippen LogP) is 4.52. The second-order valence-electron chi connectivity index (χ2n) is 5.01. The minimum atomic E-state index is -0.0629. The van der Waals surface area contributed by atoms with E-state index in [9.17, 15) is 0 Å². The van der Waals surface area contributed by atoms with E-state index in [0.717, 1.165) is 17.3 Å². The summed E-state index contributed by atoms with van der Waals surface area (Å²) in [6.07, 6.45) is 2.08. The minimum Gasteiger partial charge on any atom is -0.379 e. The third-order valence-corrected chi connectivity index (χ3v) is 4.75. The number of rotatable bonds is 6. The van der Waals surface area contributed by atoms with Gasteiger partial charge in [0.15, 0.2) is 0 Å². The van der Waals surface area contributed by atoms with E-state index in [2.05, 4.69) is 75.9 Å². The highest BCUT2D eigenvalue weighted by molar-refractivity contribution is 14.1. The lowest BCUT2D eigenvalue weighted by Gasteiger charge is -2.26. The van der Waals surface area contributed by atoms with Crippen LogP contribution in [-0.2, 0) is 4.74 Å². The summed E-state index contributed by atoms with van der Waals surface area (Å²) in [4.78, 5) is 0. The number of nitrogens with one attached hydrogen (secondary N) is 1. The van der Waals surface area contributed by atoms with Gasteiger partial charge in [-0.25, -0.2) is 0 Å². The Labute approximate surface area is 132 Å². The van der Waals surface area contributed by atoms with Crippen molar-refractivity contribution >= 4 is 38.5 Å². The largest absolute Gasteiger partial charge is 0.379 e. The minimum absolute atomic E-state index is 0.0629. The van der Waals surface area contributed by atoms with Gasteiger partial charge in [-0.3, -0.25) is 0 Å². The molecule has 4 heteroatoms. The second kappa shape index (κ2) is 7.22. The molecule has 102 valence electrons. The fraction of sp³-hybridized carbons (Fsp3) is 0.571. The molecule has 18 heavy (non-hydrogen) atoms. The van der Waals surface area contributed by atoms with Crippen molar-refractivity contribution in [2.24, 2.45) is 0 Å². The lowest BCUT2D eigenvalue weighted by atomic mass is 9.95. The molecular weight excluding hydrogens is 405 g/mol. The van der Waals surface area contributed by atoms with Crippen LogP contribution in [0.1, 0.15) is 38.3 Å². The highest BCUT2D eigenvalue weighted by Crippen LogP contribution is 2.29. The highest BCUT2D eigenvalue weighted by atomic mass is 127. The van der Waals surface area contributed by atoms with Gasteiger partial charge in [0.25, 0.3) is 0 Å². The Morgan fingerprint density at radius 2 is 2.11 bits per heavy atom. The maximum absolute atomic E-state index is 5.48. The van der Waals surface area contributed by atoms with Gasteiger partial charge in [0.2, 0.25) is 0 Å². The summed E-state index contributed by atoms with van der Waals surface area (Å²) >= 11 is 5.94. The topological polar surface area (TPSA) is 21.3 Å². The lowest BCUT2D eigenvalue weighted by Crippen LogP contribution is -2.26.